The fourth-order valence-corrected chi connectivity index (χ4v) is 0.933. The smallest absolute Gasteiger partial charge is 0.176 e. The Morgan fingerprint density at radius 3 is 3.00 bits per heavy atom. The van der Waals surface area contributed by atoms with Crippen LogP contribution in [0.2, 0.25) is 0 Å². The molecule has 0 amide bonds. The van der Waals surface area contributed by atoms with E-state index in [1.165, 1.54) is 10.8 Å². The van der Waals surface area contributed by atoms with E-state index in [9.17, 15) is 0 Å². The molecule has 0 fully saturated rings. The van der Waals surface area contributed by atoms with E-state index < -0.39 is 0 Å². The topological polar surface area (TPSA) is 29.9 Å². The number of fused-ring (bicyclic) bond motifs is 1. The zero-order chi connectivity index (χ0) is 6.10. The van der Waals surface area contributed by atoms with Crippen molar-refractivity contribution in [1.82, 2.24) is 4.98 Å². The largest absolute Gasteiger partial charge is 0.366 e. The Kier molecular flexibility index (Phi) is 0.803. The summed E-state index contributed by atoms with van der Waals surface area (Å²) in [6.45, 7) is 0. The first-order chi connectivity index (χ1) is 4.47. The minimum Gasteiger partial charge on any atom is -0.366 e. The fraction of sp³-hybridized carbons (Fsp3) is 0. The molecule has 2 heteroatoms. The van der Waals surface area contributed by atoms with Gasteiger partial charge in [-0.1, -0.05) is 0 Å². The van der Waals surface area contributed by atoms with Crippen LogP contribution in [0, 0.1) is 0 Å². The Bertz CT molecular complexity index is 281. The van der Waals surface area contributed by atoms with Crippen LogP contribution in [-0.4, -0.2) is 4.98 Å². The molecular formula is C7H7N2+. The van der Waals surface area contributed by atoms with Crippen molar-refractivity contribution in [3.05, 3.63) is 30.9 Å². The minimum atomic E-state index is 1.22. The molecule has 9 heavy (non-hydrogen) atoms. The molecule has 2 aromatic heterocycles. The van der Waals surface area contributed by atoms with Crippen molar-refractivity contribution >= 4 is 10.8 Å². The zero-order valence-electron chi connectivity index (χ0n) is 4.89. The van der Waals surface area contributed by atoms with Crippen molar-refractivity contribution in [2.24, 2.45) is 0 Å². The summed E-state index contributed by atoms with van der Waals surface area (Å²) < 4.78 is 0. The molecule has 0 saturated heterocycles. The van der Waals surface area contributed by atoms with Crippen molar-refractivity contribution in [3.63, 3.8) is 0 Å². The lowest BCUT2D eigenvalue weighted by molar-refractivity contribution is -0.375. The number of aromatic nitrogens is 2. The Morgan fingerprint density at radius 1 is 1.22 bits per heavy atom. The van der Waals surface area contributed by atoms with Crippen LogP contribution < -0.4 is 4.98 Å². The van der Waals surface area contributed by atoms with E-state index in [2.05, 4.69) is 9.97 Å². The lowest BCUT2D eigenvalue weighted by Crippen LogP contribution is -1.95. The molecule has 2 aromatic rings. The molecule has 0 aliphatic rings. The molecule has 0 unspecified atom stereocenters. The summed E-state index contributed by atoms with van der Waals surface area (Å²) in [6.07, 6.45) is 7.82. The van der Waals surface area contributed by atoms with Gasteiger partial charge in [0, 0.05) is 23.8 Å². The van der Waals surface area contributed by atoms with E-state index in [1.54, 1.807) is 0 Å². The van der Waals surface area contributed by atoms with Gasteiger partial charge in [0.1, 0.15) is 0 Å². The first-order valence-electron chi connectivity index (χ1n) is 2.89. The Hall–Kier alpha value is -1.31. The number of pyridine rings is 1. The van der Waals surface area contributed by atoms with Gasteiger partial charge in [-0.15, -0.1) is 0 Å². The number of rotatable bonds is 0. The second kappa shape index (κ2) is 1.58. The Labute approximate surface area is 52.5 Å². The van der Waals surface area contributed by atoms with Crippen LogP contribution >= 0.6 is 0 Å². The molecule has 0 bridgehead atoms. The number of hydrogen-bond donors (Lipinski definition) is 1. The summed E-state index contributed by atoms with van der Waals surface area (Å²) in [5.74, 6) is 0. The molecule has 2 heterocycles. The highest BCUT2D eigenvalue weighted by atomic mass is 14.7. The third-order valence-electron chi connectivity index (χ3n) is 1.41. The van der Waals surface area contributed by atoms with Crippen molar-refractivity contribution in [3.8, 4) is 0 Å². The van der Waals surface area contributed by atoms with Crippen molar-refractivity contribution < 1.29 is 4.98 Å². The monoisotopic (exact) mass is 119 g/mol. The van der Waals surface area contributed by atoms with Gasteiger partial charge in [-0.25, -0.2) is 4.98 Å². The molecule has 0 saturated carbocycles. The van der Waals surface area contributed by atoms with E-state index in [0.717, 1.165) is 0 Å². The third kappa shape index (κ3) is 0.598. The van der Waals surface area contributed by atoms with Gasteiger partial charge >= 0.3 is 0 Å². The highest BCUT2D eigenvalue weighted by Gasteiger charge is 1.92. The van der Waals surface area contributed by atoms with E-state index >= 15 is 0 Å². The number of aromatic amines is 2. The van der Waals surface area contributed by atoms with Crippen LogP contribution in [-0.2, 0) is 0 Å². The van der Waals surface area contributed by atoms with Gasteiger partial charge in [0.2, 0.25) is 0 Å². The summed E-state index contributed by atoms with van der Waals surface area (Å²) in [5, 5.41) is 2.46. The predicted octanol–water partition coefficient (Wildman–Crippen LogP) is 0.982. The van der Waals surface area contributed by atoms with Crippen LogP contribution in [0.15, 0.2) is 30.9 Å². The average molecular weight is 119 g/mol. The lowest BCUT2D eigenvalue weighted by Gasteiger charge is -1.76. The summed E-state index contributed by atoms with van der Waals surface area (Å²) in [5.41, 5.74) is 0. The van der Waals surface area contributed by atoms with Gasteiger partial charge < -0.3 is 4.98 Å². The predicted molar refractivity (Wildman–Crippen MR) is 34.9 cm³/mol. The van der Waals surface area contributed by atoms with E-state index in [-0.39, 0.29) is 0 Å². The van der Waals surface area contributed by atoms with Crippen LogP contribution in [0.4, 0.5) is 0 Å². The number of H-pyrrole nitrogens is 2. The van der Waals surface area contributed by atoms with Crippen molar-refractivity contribution in [2.45, 2.75) is 0 Å². The van der Waals surface area contributed by atoms with Gasteiger partial charge in [-0.3, -0.25) is 0 Å². The average Bonchev–Trinajstić information content (AvgIpc) is 2.33. The molecule has 0 aromatic carbocycles. The third-order valence-corrected chi connectivity index (χ3v) is 1.41. The Balaban J connectivity index is 2.95. The standard InChI is InChI=1S/C7H6N2/c1-2-8-4-7-5-9-3-6(1)7/h1-5,9H/p+1. The molecule has 0 aliphatic heterocycles. The van der Waals surface area contributed by atoms with Crippen LogP contribution in [0.25, 0.3) is 10.8 Å². The molecule has 2 N–H and O–H groups in total. The maximum Gasteiger partial charge on any atom is 0.176 e. The first-order valence-corrected chi connectivity index (χ1v) is 2.89. The van der Waals surface area contributed by atoms with Crippen molar-refractivity contribution in [1.29, 1.82) is 0 Å². The van der Waals surface area contributed by atoms with Gasteiger partial charge in [0.15, 0.2) is 12.4 Å². The van der Waals surface area contributed by atoms with Crippen LogP contribution in [0.1, 0.15) is 0 Å². The first kappa shape index (κ1) is 4.56. The van der Waals surface area contributed by atoms with E-state index in [4.69, 9.17) is 0 Å². The normalized spacial score (nSPS) is 10.2. The molecular weight excluding hydrogens is 112 g/mol. The maximum absolute atomic E-state index is 3.02. The van der Waals surface area contributed by atoms with Crippen LogP contribution in [0.3, 0.4) is 0 Å². The quantitative estimate of drug-likeness (QED) is 0.536. The van der Waals surface area contributed by atoms with E-state index in [0.29, 0.717) is 0 Å². The van der Waals surface area contributed by atoms with Crippen molar-refractivity contribution in [2.75, 3.05) is 0 Å². The molecule has 0 atom stereocenters. The molecule has 44 valence electrons. The van der Waals surface area contributed by atoms with E-state index in [1.807, 2.05) is 30.9 Å². The highest BCUT2D eigenvalue weighted by molar-refractivity contribution is 5.79. The number of nitrogens with one attached hydrogen (secondary N) is 2. The van der Waals surface area contributed by atoms with Gasteiger partial charge in [-0.2, -0.15) is 0 Å². The fourth-order valence-electron chi connectivity index (χ4n) is 0.933. The van der Waals surface area contributed by atoms with Crippen LogP contribution in [0.5, 0.6) is 0 Å². The molecule has 0 spiro atoms. The second-order valence-corrected chi connectivity index (χ2v) is 2.01. The molecule has 2 rings (SSSR count). The summed E-state index contributed by atoms with van der Waals surface area (Å²) >= 11 is 0. The Morgan fingerprint density at radius 2 is 2.11 bits per heavy atom. The molecule has 0 aliphatic carbocycles. The summed E-state index contributed by atoms with van der Waals surface area (Å²) in [6, 6.07) is 2.03. The lowest BCUT2D eigenvalue weighted by atomic mass is 10.3. The summed E-state index contributed by atoms with van der Waals surface area (Å²) in [4.78, 5) is 6.02. The summed E-state index contributed by atoms with van der Waals surface area (Å²) in [7, 11) is 0. The minimum absolute atomic E-state index is 1.22. The molecule has 2 nitrogen and oxygen atoms in total. The zero-order valence-corrected chi connectivity index (χ0v) is 4.89. The van der Waals surface area contributed by atoms with Gasteiger partial charge in [0.25, 0.3) is 0 Å². The van der Waals surface area contributed by atoms with Gasteiger partial charge in [-0.05, 0) is 0 Å². The number of hydrogen-bond acceptors (Lipinski definition) is 0. The maximum atomic E-state index is 3.02. The van der Waals surface area contributed by atoms with Gasteiger partial charge in [0.05, 0.1) is 5.39 Å². The molecule has 0 radical (unpaired) electrons. The highest BCUT2D eigenvalue weighted by Crippen LogP contribution is 2.06. The second-order valence-electron chi connectivity index (χ2n) is 2.01. The SMILES string of the molecule is c1cc2c[nH]cc2c[nH+]1.